The number of piperidine rings is 1. The van der Waals surface area contributed by atoms with Crippen molar-refractivity contribution in [2.24, 2.45) is 0 Å². The molecule has 2 aromatic carbocycles. The minimum atomic E-state index is 0.0685. The Labute approximate surface area is 155 Å². The number of hydrogen-bond acceptors (Lipinski definition) is 3. The second-order valence-corrected chi connectivity index (χ2v) is 7.19. The van der Waals surface area contributed by atoms with Crippen molar-refractivity contribution in [2.75, 3.05) is 31.1 Å². The Morgan fingerprint density at radius 3 is 2.35 bits per heavy atom. The molecule has 0 aliphatic carbocycles. The molecule has 1 atom stereocenters. The lowest BCUT2D eigenvalue weighted by molar-refractivity contribution is 0.0538. The van der Waals surface area contributed by atoms with Gasteiger partial charge in [-0.25, -0.2) is 0 Å². The number of hydrogen-bond donors (Lipinski definition) is 0. The van der Waals surface area contributed by atoms with E-state index in [0.717, 1.165) is 43.8 Å². The van der Waals surface area contributed by atoms with Gasteiger partial charge >= 0.3 is 0 Å². The van der Waals surface area contributed by atoms with Crippen LogP contribution in [-0.4, -0.2) is 43.1 Å². The molecular formula is C22H26N2O2. The highest BCUT2D eigenvalue weighted by molar-refractivity contribution is 5.94. The van der Waals surface area contributed by atoms with Gasteiger partial charge in [-0.05, 0) is 62.1 Å². The highest BCUT2D eigenvalue weighted by Gasteiger charge is 2.26. The normalized spacial score (nSPS) is 20.2. The van der Waals surface area contributed by atoms with Crippen LogP contribution in [0.3, 0.4) is 0 Å². The van der Waals surface area contributed by atoms with E-state index in [-0.39, 0.29) is 12.0 Å². The summed E-state index contributed by atoms with van der Waals surface area (Å²) in [5.74, 6) is 0.987. The molecule has 2 saturated heterocycles. The zero-order valence-corrected chi connectivity index (χ0v) is 15.1. The summed E-state index contributed by atoms with van der Waals surface area (Å²) in [5, 5.41) is 0. The smallest absolute Gasteiger partial charge is 0.253 e. The maximum absolute atomic E-state index is 12.9. The second-order valence-electron chi connectivity index (χ2n) is 7.19. The number of carbonyl (C=O) groups excluding carboxylic acids is 1. The fourth-order valence-electron chi connectivity index (χ4n) is 3.88. The molecule has 2 fully saturated rings. The summed E-state index contributed by atoms with van der Waals surface area (Å²) in [6.07, 6.45) is 4.56. The van der Waals surface area contributed by atoms with Crippen molar-refractivity contribution in [1.29, 1.82) is 0 Å². The molecule has 0 bridgehead atoms. The van der Waals surface area contributed by atoms with Crippen molar-refractivity contribution in [1.82, 2.24) is 4.90 Å². The SMILES string of the molecule is O=C(c1ccc(N2CCCC2)cc1)N1CCCC(Oc2ccccc2)C1. The predicted molar refractivity (Wildman–Crippen MR) is 104 cm³/mol. The molecule has 2 aliphatic heterocycles. The fourth-order valence-corrected chi connectivity index (χ4v) is 3.88. The number of likely N-dealkylation sites (tertiary alicyclic amines) is 1. The highest BCUT2D eigenvalue weighted by atomic mass is 16.5. The van der Waals surface area contributed by atoms with E-state index in [1.165, 1.54) is 18.5 Å². The molecule has 4 heteroatoms. The summed E-state index contributed by atoms with van der Waals surface area (Å²) in [7, 11) is 0. The number of rotatable bonds is 4. The van der Waals surface area contributed by atoms with Gasteiger partial charge in [0.2, 0.25) is 0 Å². The maximum Gasteiger partial charge on any atom is 0.253 e. The monoisotopic (exact) mass is 350 g/mol. The van der Waals surface area contributed by atoms with Gasteiger partial charge in [-0.3, -0.25) is 4.79 Å². The molecule has 2 aromatic rings. The summed E-state index contributed by atoms with van der Waals surface area (Å²) in [4.78, 5) is 17.2. The van der Waals surface area contributed by atoms with Crippen LogP contribution in [0.1, 0.15) is 36.0 Å². The average molecular weight is 350 g/mol. The summed E-state index contributed by atoms with van der Waals surface area (Å²) >= 11 is 0. The number of benzene rings is 2. The molecule has 4 nitrogen and oxygen atoms in total. The number of amides is 1. The zero-order chi connectivity index (χ0) is 17.8. The topological polar surface area (TPSA) is 32.8 Å². The van der Waals surface area contributed by atoms with E-state index in [1.54, 1.807) is 0 Å². The number of carbonyl (C=O) groups is 1. The molecule has 2 heterocycles. The van der Waals surface area contributed by atoms with E-state index >= 15 is 0 Å². The first kappa shape index (κ1) is 17.0. The summed E-state index contributed by atoms with van der Waals surface area (Å²) in [6.45, 7) is 3.71. The van der Waals surface area contributed by atoms with Crippen molar-refractivity contribution >= 4 is 11.6 Å². The lowest BCUT2D eigenvalue weighted by Gasteiger charge is -2.33. The first-order valence-corrected chi connectivity index (χ1v) is 9.65. The third-order valence-corrected chi connectivity index (χ3v) is 5.30. The molecule has 0 radical (unpaired) electrons. The van der Waals surface area contributed by atoms with Crippen LogP contribution in [-0.2, 0) is 0 Å². The van der Waals surface area contributed by atoms with Crippen molar-refractivity contribution in [3.8, 4) is 5.75 Å². The van der Waals surface area contributed by atoms with Crippen LogP contribution in [0, 0.1) is 0 Å². The van der Waals surface area contributed by atoms with E-state index in [1.807, 2.05) is 47.4 Å². The van der Waals surface area contributed by atoms with Crippen molar-refractivity contribution in [3.63, 3.8) is 0 Å². The van der Waals surface area contributed by atoms with E-state index in [2.05, 4.69) is 17.0 Å². The molecule has 1 unspecified atom stereocenters. The van der Waals surface area contributed by atoms with Gasteiger partial charge in [0, 0.05) is 30.9 Å². The summed E-state index contributed by atoms with van der Waals surface area (Å²) < 4.78 is 6.06. The maximum atomic E-state index is 12.9. The Bertz CT molecular complexity index is 724. The molecule has 0 N–H and O–H groups in total. The molecule has 4 rings (SSSR count). The van der Waals surface area contributed by atoms with Crippen LogP contribution < -0.4 is 9.64 Å². The van der Waals surface area contributed by atoms with Gasteiger partial charge < -0.3 is 14.5 Å². The average Bonchev–Trinajstić information content (AvgIpc) is 3.23. The van der Waals surface area contributed by atoms with Crippen molar-refractivity contribution < 1.29 is 9.53 Å². The zero-order valence-electron chi connectivity index (χ0n) is 15.1. The van der Waals surface area contributed by atoms with E-state index < -0.39 is 0 Å². The first-order valence-electron chi connectivity index (χ1n) is 9.65. The number of nitrogens with zero attached hydrogens (tertiary/aromatic N) is 2. The third-order valence-electron chi connectivity index (χ3n) is 5.30. The summed E-state index contributed by atoms with van der Waals surface area (Å²) in [6, 6.07) is 18.0. The van der Waals surface area contributed by atoms with Gasteiger partial charge in [0.25, 0.3) is 5.91 Å². The molecular weight excluding hydrogens is 324 g/mol. The van der Waals surface area contributed by atoms with E-state index in [4.69, 9.17) is 4.74 Å². The molecule has 136 valence electrons. The molecule has 1 amide bonds. The standard InChI is InChI=1S/C22H26N2O2/c25-22(18-10-12-19(13-11-18)23-14-4-5-15-23)24-16-6-9-21(17-24)26-20-7-2-1-3-8-20/h1-3,7-8,10-13,21H,4-6,9,14-17H2. The van der Waals surface area contributed by atoms with Gasteiger partial charge in [-0.2, -0.15) is 0 Å². The van der Waals surface area contributed by atoms with E-state index in [0.29, 0.717) is 6.54 Å². The van der Waals surface area contributed by atoms with Crippen LogP contribution in [0.5, 0.6) is 5.75 Å². The molecule has 2 aliphatic rings. The van der Waals surface area contributed by atoms with Crippen LogP contribution in [0.15, 0.2) is 54.6 Å². The molecule has 0 aromatic heterocycles. The first-order chi connectivity index (χ1) is 12.8. The lowest BCUT2D eigenvalue weighted by atomic mass is 10.1. The Morgan fingerprint density at radius 1 is 0.885 bits per heavy atom. The fraction of sp³-hybridized carbons (Fsp3) is 0.409. The van der Waals surface area contributed by atoms with Gasteiger partial charge in [0.15, 0.2) is 0 Å². The van der Waals surface area contributed by atoms with Crippen LogP contribution in [0.2, 0.25) is 0 Å². The van der Waals surface area contributed by atoms with Crippen molar-refractivity contribution in [2.45, 2.75) is 31.8 Å². The van der Waals surface area contributed by atoms with E-state index in [9.17, 15) is 4.79 Å². The predicted octanol–water partition coefficient (Wildman–Crippen LogP) is 3.97. The lowest BCUT2D eigenvalue weighted by Crippen LogP contribution is -2.44. The van der Waals surface area contributed by atoms with Gasteiger partial charge in [-0.15, -0.1) is 0 Å². The Hall–Kier alpha value is -2.49. The Kier molecular flexibility index (Phi) is 5.09. The number of ether oxygens (including phenoxy) is 1. The molecule has 26 heavy (non-hydrogen) atoms. The summed E-state index contributed by atoms with van der Waals surface area (Å²) in [5.41, 5.74) is 2.00. The minimum Gasteiger partial charge on any atom is -0.489 e. The molecule has 0 saturated carbocycles. The van der Waals surface area contributed by atoms with Crippen LogP contribution >= 0.6 is 0 Å². The highest BCUT2D eigenvalue weighted by Crippen LogP contribution is 2.23. The van der Waals surface area contributed by atoms with Crippen LogP contribution in [0.4, 0.5) is 5.69 Å². The second kappa shape index (κ2) is 7.81. The minimum absolute atomic E-state index is 0.0685. The Balaban J connectivity index is 1.39. The third kappa shape index (κ3) is 3.85. The Morgan fingerprint density at radius 2 is 1.62 bits per heavy atom. The quantitative estimate of drug-likeness (QED) is 0.836. The number of anilines is 1. The van der Waals surface area contributed by atoms with Crippen molar-refractivity contribution in [3.05, 3.63) is 60.2 Å². The number of para-hydroxylation sites is 1. The van der Waals surface area contributed by atoms with Gasteiger partial charge in [0.05, 0.1) is 6.54 Å². The van der Waals surface area contributed by atoms with Crippen LogP contribution in [0.25, 0.3) is 0 Å². The largest absolute Gasteiger partial charge is 0.489 e. The van der Waals surface area contributed by atoms with Gasteiger partial charge in [-0.1, -0.05) is 18.2 Å². The molecule has 0 spiro atoms. The van der Waals surface area contributed by atoms with Gasteiger partial charge in [0.1, 0.15) is 11.9 Å².